The Balaban J connectivity index is 0.000000213. The molecule has 0 bridgehead atoms. The molecule has 2 rings (SSSR count). The normalized spacial score (nSPS) is 18.6. The highest BCUT2D eigenvalue weighted by molar-refractivity contribution is 5.45. The van der Waals surface area contributed by atoms with E-state index < -0.39 is 0 Å². The lowest BCUT2D eigenvalue weighted by Gasteiger charge is -2.09. The van der Waals surface area contributed by atoms with Gasteiger partial charge in [0.25, 0.3) is 0 Å². The molecule has 0 radical (unpaired) electrons. The van der Waals surface area contributed by atoms with Crippen LogP contribution in [0.1, 0.15) is 12.8 Å². The largest absolute Gasteiger partial charge is 0.381 e. The first-order valence-corrected chi connectivity index (χ1v) is 5.62. The molecule has 0 unspecified atom stereocenters. The van der Waals surface area contributed by atoms with Crippen LogP contribution in [0.2, 0.25) is 0 Å². The number of hydrogen-bond donors (Lipinski definition) is 0. The molecule has 1 amide bonds. The van der Waals surface area contributed by atoms with Gasteiger partial charge in [0.15, 0.2) is 0 Å². The third kappa shape index (κ3) is 13.4. The molecule has 96 valence electrons. The zero-order chi connectivity index (χ0) is 12.1. The summed E-state index contributed by atoms with van der Waals surface area (Å²) >= 11 is 0. The van der Waals surface area contributed by atoms with Crippen LogP contribution < -0.4 is 0 Å². The molecule has 5 heteroatoms. The van der Waals surface area contributed by atoms with E-state index in [1.54, 1.807) is 14.1 Å². The van der Waals surface area contributed by atoms with Crippen molar-refractivity contribution in [3.05, 3.63) is 0 Å². The Labute approximate surface area is 97.7 Å². The Morgan fingerprint density at radius 1 is 0.812 bits per heavy atom. The SMILES string of the molecule is C1CCOC1.C1COCCO1.CN(C)C=O. The summed E-state index contributed by atoms with van der Waals surface area (Å²) in [5.74, 6) is 0. The quantitative estimate of drug-likeness (QED) is 0.620. The van der Waals surface area contributed by atoms with Gasteiger partial charge in [-0.2, -0.15) is 0 Å². The van der Waals surface area contributed by atoms with Gasteiger partial charge >= 0.3 is 0 Å². The van der Waals surface area contributed by atoms with Crippen LogP contribution in [-0.2, 0) is 19.0 Å². The van der Waals surface area contributed by atoms with Crippen LogP contribution in [0.5, 0.6) is 0 Å². The predicted octanol–water partition coefficient (Wildman–Crippen LogP) is 0.534. The van der Waals surface area contributed by atoms with Crippen molar-refractivity contribution in [1.82, 2.24) is 4.90 Å². The third-order valence-electron chi connectivity index (χ3n) is 1.78. The number of ether oxygens (including phenoxy) is 3. The molecule has 2 saturated heterocycles. The standard InChI is InChI=1S/C4H8O2.C4H8O.C3H7NO/c1-2-6-4-3-5-1;1-2-4-5-3-1;1-4(2)3-5/h1-4H2;1-4H2;3H,1-2H3. The van der Waals surface area contributed by atoms with Crippen molar-refractivity contribution in [2.24, 2.45) is 0 Å². The molecule has 0 spiro atoms. The van der Waals surface area contributed by atoms with E-state index >= 15 is 0 Å². The molecular formula is C11H23NO4. The van der Waals surface area contributed by atoms with Gasteiger partial charge in [-0.05, 0) is 12.8 Å². The number of carbonyl (C=O) groups excluding carboxylic acids is 1. The van der Waals surface area contributed by atoms with Gasteiger partial charge in [0.05, 0.1) is 26.4 Å². The fourth-order valence-electron chi connectivity index (χ4n) is 0.950. The summed E-state index contributed by atoms with van der Waals surface area (Å²) < 4.78 is 14.8. The second-order valence-corrected chi connectivity index (χ2v) is 3.61. The molecule has 0 aromatic rings. The van der Waals surface area contributed by atoms with Crippen LogP contribution >= 0.6 is 0 Å². The Morgan fingerprint density at radius 3 is 1.25 bits per heavy atom. The van der Waals surface area contributed by atoms with Crippen molar-refractivity contribution in [3.63, 3.8) is 0 Å². The van der Waals surface area contributed by atoms with Gasteiger partial charge in [-0.1, -0.05) is 0 Å². The van der Waals surface area contributed by atoms with E-state index in [9.17, 15) is 4.79 Å². The molecule has 0 N–H and O–H groups in total. The maximum Gasteiger partial charge on any atom is 0.209 e. The zero-order valence-corrected chi connectivity index (χ0v) is 10.3. The lowest BCUT2D eigenvalue weighted by Crippen LogP contribution is -2.16. The van der Waals surface area contributed by atoms with E-state index in [2.05, 4.69) is 0 Å². The molecule has 5 nitrogen and oxygen atoms in total. The maximum atomic E-state index is 9.43. The Bertz CT molecular complexity index is 126. The molecule has 0 aliphatic carbocycles. The summed E-state index contributed by atoms with van der Waals surface area (Å²) in [5, 5.41) is 0. The van der Waals surface area contributed by atoms with Gasteiger partial charge in [-0.3, -0.25) is 4.79 Å². The van der Waals surface area contributed by atoms with E-state index in [0.717, 1.165) is 46.1 Å². The fourth-order valence-corrected chi connectivity index (χ4v) is 0.950. The molecule has 0 saturated carbocycles. The van der Waals surface area contributed by atoms with Crippen molar-refractivity contribution in [2.75, 3.05) is 53.7 Å². The van der Waals surface area contributed by atoms with Crippen LogP contribution in [0.3, 0.4) is 0 Å². The Hall–Kier alpha value is -0.650. The highest BCUT2D eigenvalue weighted by Gasteiger charge is 1.95. The van der Waals surface area contributed by atoms with E-state index in [1.165, 1.54) is 17.7 Å². The lowest BCUT2D eigenvalue weighted by atomic mass is 10.4. The lowest BCUT2D eigenvalue weighted by molar-refractivity contribution is -0.115. The zero-order valence-electron chi connectivity index (χ0n) is 10.3. The number of rotatable bonds is 1. The molecule has 2 aliphatic rings. The summed E-state index contributed by atoms with van der Waals surface area (Å²) in [6.07, 6.45) is 3.31. The summed E-state index contributed by atoms with van der Waals surface area (Å²) in [7, 11) is 3.38. The predicted molar refractivity (Wildman–Crippen MR) is 61.4 cm³/mol. The van der Waals surface area contributed by atoms with Crippen molar-refractivity contribution < 1.29 is 19.0 Å². The van der Waals surface area contributed by atoms with Gasteiger partial charge in [-0.15, -0.1) is 0 Å². The number of amides is 1. The monoisotopic (exact) mass is 233 g/mol. The molecule has 2 heterocycles. The first-order valence-electron chi connectivity index (χ1n) is 5.62. The van der Waals surface area contributed by atoms with E-state index in [-0.39, 0.29) is 0 Å². The van der Waals surface area contributed by atoms with Crippen molar-refractivity contribution in [3.8, 4) is 0 Å². The van der Waals surface area contributed by atoms with Crippen molar-refractivity contribution in [1.29, 1.82) is 0 Å². The molecule has 0 aromatic heterocycles. The van der Waals surface area contributed by atoms with Crippen LogP contribution in [0.4, 0.5) is 0 Å². The third-order valence-corrected chi connectivity index (χ3v) is 1.78. The van der Waals surface area contributed by atoms with Gasteiger partial charge in [-0.25, -0.2) is 0 Å². The second kappa shape index (κ2) is 12.4. The summed E-state index contributed by atoms with van der Waals surface area (Å²) in [6, 6.07) is 0. The van der Waals surface area contributed by atoms with Crippen molar-refractivity contribution >= 4 is 6.41 Å². The first-order chi connectivity index (χ1) is 7.77. The summed E-state index contributed by atoms with van der Waals surface area (Å²) in [6.45, 7) is 5.11. The minimum Gasteiger partial charge on any atom is -0.381 e. The van der Waals surface area contributed by atoms with Crippen LogP contribution in [-0.4, -0.2) is 65.0 Å². The summed E-state index contributed by atoms with van der Waals surface area (Å²) in [4.78, 5) is 10.9. The van der Waals surface area contributed by atoms with Crippen LogP contribution in [0.25, 0.3) is 0 Å². The Kier molecular flexibility index (Phi) is 11.9. The second-order valence-electron chi connectivity index (χ2n) is 3.61. The van der Waals surface area contributed by atoms with Crippen LogP contribution in [0.15, 0.2) is 0 Å². The van der Waals surface area contributed by atoms with E-state index in [0.29, 0.717) is 0 Å². The molecule has 0 aromatic carbocycles. The highest BCUT2D eigenvalue weighted by Crippen LogP contribution is 1.98. The van der Waals surface area contributed by atoms with Gasteiger partial charge in [0.2, 0.25) is 6.41 Å². The van der Waals surface area contributed by atoms with Gasteiger partial charge < -0.3 is 19.1 Å². The molecule has 2 fully saturated rings. The molecular weight excluding hydrogens is 210 g/mol. The fraction of sp³-hybridized carbons (Fsp3) is 0.909. The van der Waals surface area contributed by atoms with E-state index in [4.69, 9.17) is 14.2 Å². The molecule has 16 heavy (non-hydrogen) atoms. The number of nitrogens with zero attached hydrogens (tertiary/aromatic N) is 1. The first kappa shape index (κ1) is 15.3. The maximum absolute atomic E-state index is 9.43. The van der Waals surface area contributed by atoms with Gasteiger partial charge in [0.1, 0.15) is 0 Å². The molecule has 0 atom stereocenters. The Morgan fingerprint density at radius 2 is 1.12 bits per heavy atom. The average molecular weight is 233 g/mol. The van der Waals surface area contributed by atoms with Gasteiger partial charge in [0, 0.05) is 27.3 Å². The smallest absolute Gasteiger partial charge is 0.209 e. The van der Waals surface area contributed by atoms with Crippen LogP contribution in [0, 0.1) is 0 Å². The van der Waals surface area contributed by atoms with E-state index in [1.807, 2.05) is 0 Å². The molecule has 2 aliphatic heterocycles. The minimum atomic E-state index is 0.750. The minimum absolute atomic E-state index is 0.750. The van der Waals surface area contributed by atoms with Crippen molar-refractivity contribution in [2.45, 2.75) is 12.8 Å². The summed E-state index contributed by atoms with van der Waals surface area (Å²) in [5.41, 5.74) is 0. The topological polar surface area (TPSA) is 48.0 Å². The number of carbonyl (C=O) groups is 1. The average Bonchev–Trinajstić information content (AvgIpc) is 2.91. The number of hydrogen-bond acceptors (Lipinski definition) is 4. The highest BCUT2D eigenvalue weighted by atomic mass is 16.6.